The maximum Gasteiger partial charge on any atom is 0.147 e. The van der Waals surface area contributed by atoms with Crippen LogP contribution in [0.5, 0.6) is 0 Å². The Kier molecular flexibility index (Phi) is 4.13. The molecule has 3 rings (SSSR count). The Morgan fingerprint density at radius 1 is 1.35 bits per heavy atom. The summed E-state index contributed by atoms with van der Waals surface area (Å²) in [6.07, 6.45) is 6.17. The molecular formula is C14H18N4OS. The van der Waals surface area contributed by atoms with Crippen molar-refractivity contribution < 1.29 is 4.74 Å². The van der Waals surface area contributed by atoms with E-state index in [0.29, 0.717) is 12.4 Å². The second-order valence-corrected chi connectivity index (χ2v) is 5.73. The Morgan fingerprint density at radius 3 is 2.90 bits per heavy atom. The summed E-state index contributed by atoms with van der Waals surface area (Å²) in [5.74, 6) is 1.36. The smallest absolute Gasteiger partial charge is 0.147 e. The quantitative estimate of drug-likeness (QED) is 0.767. The second kappa shape index (κ2) is 6.19. The topological polar surface area (TPSA) is 73.1 Å². The summed E-state index contributed by atoms with van der Waals surface area (Å²) in [5.41, 5.74) is 7.95. The SMILES string of the molecule is Nc1nsc(NCCOCC2CC2)c1-c1ccncc1. The van der Waals surface area contributed by atoms with Crippen LogP contribution in [0.25, 0.3) is 11.1 Å². The predicted molar refractivity (Wildman–Crippen MR) is 81.8 cm³/mol. The predicted octanol–water partition coefficient (Wildman–Crippen LogP) is 2.63. The van der Waals surface area contributed by atoms with Gasteiger partial charge in [0.15, 0.2) is 0 Å². The van der Waals surface area contributed by atoms with E-state index in [1.165, 1.54) is 24.4 Å². The molecule has 2 heterocycles. The summed E-state index contributed by atoms with van der Waals surface area (Å²) in [6.45, 7) is 2.38. The number of nitrogens with one attached hydrogen (secondary N) is 1. The fourth-order valence-electron chi connectivity index (χ4n) is 1.99. The van der Waals surface area contributed by atoms with Gasteiger partial charge in [-0.25, -0.2) is 0 Å². The van der Waals surface area contributed by atoms with Crippen molar-refractivity contribution in [2.45, 2.75) is 12.8 Å². The van der Waals surface area contributed by atoms with E-state index < -0.39 is 0 Å². The number of pyridine rings is 1. The number of hydrogen-bond acceptors (Lipinski definition) is 6. The van der Waals surface area contributed by atoms with Gasteiger partial charge >= 0.3 is 0 Å². The number of anilines is 2. The zero-order chi connectivity index (χ0) is 13.8. The maximum atomic E-state index is 5.96. The van der Waals surface area contributed by atoms with Gasteiger partial charge < -0.3 is 15.8 Å². The highest BCUT2D eigenvalue weighted by Gasteiger charge is 2.21. The van der Waals surface area contributed by atoms with Gasteiger partial charge in [-0.2, -0.15) is 4.37 Å². The van der Waals surface area contributed by atoms with E-state index in [4.69, 9.17) is 10.5 Å². The minimum atomic E-state index is 0.558. The monoisotopic (exact) mass is 290 g/mol. The lowest BCUT2D eigenvalue weighted by Gasteiger charge is -2.07. The van der Waals surface area contributed by atoms with E-state index in [1.54, 1.807) is 12.4 Å². The van der Waals surface area contributed by atoms with Crippen LogP contribution in [0, 0.1) is 5.92 Å². The summed E-state index contributed by atoms with van der Waals surface area (Å²) in [6, 6.07) is 3.88. The highest BCUT2D eigenvalue weighted by Crippen LogP contribution is 2.36. The van der Waals surface area contributed by atoms with E-state index in [9.17, 15) is 0 Å². The number of nitrogens with zero attached hydrogens (tertiary/aromatic N) is 2. The molecule has 1 saturated carbocycles. The van der Waals surface area contributed by atoms with Gasteiger partial charge in [-0.05, 0) is 48.0 Å². The third kappa shape index (κ3) is 3.26. The average Bonchev–Trinajstić information content (AvgIpc) is 3.22. The van der Waals surface area contributed by atoms with Gasteiger partial charge in [0.25, 0.3) is 0 Å². The van der Waals surface area contributed by atoms with Gasteiger partial charge in [0.1, 0.15) is 10.8 Å². The number of aromatic nitrogens is 2. The number of nitrogens with two attached hydrogens (primary N) is 1. The average molecular weight is 290 g/mol. The maximum absolute atomic E-state index is 5.96. The highest BCUT2D eigenvalue weighted by molar-refractivity contribution is 7.11. The van der Waals surface area contributed by atoms with E-state index in [-0.39, 0.29) is 0 Å². The summed E-state index contributed by atoms with van der Waals surface area (Å²) in [4.78, 5) is 4.03. The Balaban J connectivity index is 1.58. The molecule has 0 aromatic carbocycles. The van der Waals surface area contributed by atoms with Crippen molar-refractivity contribution in [3.63, 3.8) is 0 Å². The van der Waals surface area contributed by atoms with Crippen molar-refractivity contribution >= 4 is 22.4 Å². The molecule has 20 heavy (non-hydrogen) atoms. The molecule has 0 saturated heterocycles. The van der Waals surface area contributed by atoms with Crippen LogP contribution in [0.3, 0.4) is 0 Å². The van der Waals surface area contributed by atoms with Crippen LogP contribution in [0.15, 0.2) is 24.5 Å². The lowest BCUT2D eigenvalue weighted by Crippen LogP contribution is -2.10. The van der Waals surface area contributed by atoms with Crippen LogP contribution < -0.4 is 11.1 Å². The van der Waals surface area contributed by atoms with Gasteiger partial charge in [-0.1, -0.05) is 0 Å². The molecule has 0 aliphatic heterocycles. The van der Waals surface area contributed by atoms with Crippen LogP contribution in [0.4, 0.5) is 10.8 Å². The lowest BCUT2D eigenvalue weighted by atomic mass is 10.1. The molecule has 0 unspecified atom stereocenters. The molecule has 3 N–H and O–H groups in total. The first-order valence-corrected chi connectivity index (χ1v) is 7.59. The molecular weight excluding hydrogens is 272 g/mol. The van der Waals surface area contributed by atoms with Crippen LogP contribution in [-0.2, 0) is 4.74 Å². The molecule has 2 aromatic rings. The van der Waals surface area contributed by atoms with Gasteiger partial charge in [-0.15, -0.1) is 0 Å². The highest BCUT2D eigenvalue weighted by atomic mass is 32.1. The first kappa shape index (κ1) is 13.3. The minimum Gasteiger partial charge on any atom is -0.382 e. The molecule has 6 heteroatoms. The van der Waals surface area contributed by atoms with E-state index in [1.807, 2.05) is 12.1 Å². The van der Waals surface area contributed by atoms with Crippen molar-refractivity contribution in [3.05, 3.63) is 24.5 Å². The van der Waals surface area contributed by atoms with Crippen molar-refractivity contribution in [2.24, 2.45) is 5.92 Å². The number of hydrogen-bond donors (Lipinski definition) is 2. The minimum absolute atomic E-state index is 0.558. The molecule has 106 valence electrons. The Labute approximate surface area is 122 Å². The molecule has 1 fully saturated rings. The Morgan fingerprint density at radius 2 is 2.15 bits per heavy atom. The molecule has 2 aromatic heterocycles. The largest absolute Gasteiger partial charge is 0.382 e. The number of ether oxygens (including phenoxy) is 1. The van der Waals surface area contributed by atoms with E-state index in [0.717, 1.165) is 35.2 Å². The first-order chi connectivity index (χ1) is 9.84. The third-order valence-electron chi connectivity index (χ3n) is 3.27. The fourth-order valence-corrected chi connectivity index (χ4v) is 2.75. The van der Waals surface area contributed by atoms with Crippen molar-refractivity contribution in [1.29, 1.82) is 0 Å². The summed E-state index contributed by atoms with van der Waals surface area (Å²) >= 11 is 1.39. The number of nitrogen functional groups attached to an aromatic ring is 1. The van der Waals surface area contributed by atoms with Crippen LogP contribution in [-0.4, -0.2) is 29.1 Å². The van der Waals surface area contributed by atoms with Crippen LogP contribution in [0.2, 0.25) is 0 Å². The normalized spacial score (nSPS) is 14.4. The van der Waals surface area contributed by atoms with E-state index >= 15 is 0 Å². The molecule has 1 aliphatic rings. The molecule has 0 radical (unpaired) electrons. The van der Waals surface area contributed by atoms with E-state index in [2.05, 4.69) is 14.7 Å². The van der Waals surface area contributed by atoms with Crippen molar-refractivity contribution in [2.75, 3.05) is 30.8 Å². The second-order valence-electron chi connectivity index (χ2n) is 4.95. The molecule has 5 nitrogen and oxygen atoms in total. The molecule has 0 bridgehead atoms. The zero-order valence-corrected chi connectivity index (χ0v) is 12.0. The van der Waals surface area contributed by atoms with Crippen molar-refractivity contribution in [3.8, 4) is 11.1 Å². The molecule has 0 atom stereocenters. The number of rotatable bonds is 7. The lowest BCUT2D eigenvalue weighted by molar-refractivity contribution is 0.134. The molecule has 0 spiro atoms. The standard InChI is InChI=1S/C14H18N4OS/c15-13-12(11-3-5-16-6-4-11)14(20-18-13)17-7-8-19-9-10-1-2-10/h3-6,10,17H,1-2,7-9H2,(H2,15,18). The first-order valence-electron chi connectivity index (χ1n) is 6.82. The summed E-state index contributed by atoms with van der Waals surface area (Å²) in [7, 11) is 0. The molecule has 1 aliphatic carbocycles. The van der Waals surface area contributed by atoms with Crippen molar-refractivity contribution in [1.82, 2.24) is 9.36 Å². The molecule has 0 amide bonds. The zero-order valence-electron chi connectivity index (χ0n) is 11.2. The van der Waals surface area contributed by atoms with Crippen LogP contribution >= 0.6 is 11.5 Å². The Hall–Kier alpha value is -1.66. The summed E-state index contributed by atoms with van der Waals surface area (Å²) in [5, 5.41) is 4.35. The van der Waals surface area contributed by atoms with Crippen LogP contribution in [0.1, 0.15) is 12.8 Å². The third-order valence-corrected chi connectivity index (χ3v) is 4.09. The Bertz CT molecular complexity index is 554. The van der Waals surface area contributed by atoms with Gasteiger partial charge in [0.2, 0.25) is 0 Å². The fraction of sp³-hybridized carbons (Fsp3) is 0.429. The van der Waals surface area contributed by atoms with Gasteiger partial charge in [0, 0.05) is 25.5 Å². The van der Waals surface area contributed by atoms with Gasteiger partial charge in [-0.3, -0.25) is 4.98 Å². The van der Waals surface area contributed by atoms with Gasteiger partial charge in [0.05, 0.1) is 12.2 Å². The summed E-state index contributed by atoms with van der Waals surface area (Å²) < 4.78 is 9.84.